The summed E-state index contributed by atoms with van der Waals surface area (Å²) in [6, 6.07) is 2.16. The maximum Gasteiger partial charge on any atom is 0.259 e. The van der Waals surface area contributed by atoms with Gasteiger partial charge in [0, 0.05) is 13.1 Å². The number of nitrogens with zero attached hydrogens (tertiary/aromatic N) is 1. The molecule has 0 spiro atoms. The SMILES string of the molecule is CC(C)C1CCN(C(=O)c2c(F)ccc(N)c2F)C1. The van der Waals surface area contributed by atoms with Crippen molar-refractivity contribution >= 4 is 11.6 Å². The van der Waals surface area contributed by atoms with E-state index in [9.17, 15) is 13.6 Å². The molecule has 1 aliphatic heterocycles. The summed E-state index contributed by atoms with van der Waals surface area (Å²) < 4.78 is 27.5. The van der Waals surface area contributed by atoms with E-state index in [4.69, 9.17) is 5.73 Å². The molecule has 1 heterocycles. The Kier molecular flexibility index (Phi) is 3.73. The van der Waals surface area contributed by atoms with Gasteiger partial charge in [0.15, 0.2) is 5.82 Å². The second-order valence-corrected chi connectivity index (χ2v) is 5.37. The first-order chi connectivity index (χ1) is 8.91. The number of rotatable bonds is 2. The third-order valence-electron chi connectivity index (χ3n) is 3.79. The van der Waals surface area contributed by atoms with Crippen LogP contribution in [0.5, 0.6) is 0 Å². The fourth-order valence-electron chi connectivity index (χ4n) is 2.44. The molecule has 1 aromatic rings. The summed E-state index contributed by atoms with van der Waals surface area (Å²) in [6.07, 6.45) is 0.870. The van der Waals surface area contributed by atoms with E-state index in [1.807, 2.05) is 0 Å². The Balaban J connectivity index is 2.24. The minimum Gasteiger partial charge on any atom is -0.396 e. The second kappa shape index (κ2) is 5.15. The van der Waals surface area contributed by atoms with E-state index < -0.39 is 23.1 Å². The zero-order valence-corrected chi connectivity index (χ0v) is 11.1. The highest BCUT2D eigenvalue weighted by molar-refractivity contribution is 5.95. The lowest BCUT2D eigenvalue weighted by atomic mass is 9.95. The van der Waals surface area contributed by atoms with Gasteiger partial charge in [-0.25, -0.2) is 8.78 Å². The number of hydrogen-bond acceptors (Lipinski definition) is 2. The van der Waals surface area contributed by atoms with E-state index in [2.05, 4.69) is 13.8 Å². The van der Waals surface area contributed by atoms with Crippen LogP contribution in [0.2, 0.25) is 0 Å². The largest absolute Gasteiger partial charge is 0.396 e. The molecule has 0 aromatic heterocycles. The number of likely N-dealkylation sites (tertiary alicyclic amines) is 1. The highest BCUT2D eigenvalue weighted by Crippen LogP contribution is 2.27. The predicted molar refractivity (Wildman–Crippen MR) is 69.6 cm³/mol. The van der Waals surface area contributed by atoms with Crippen molar-refractivity contribution in [2.24, 2.45) is 11.8 Å². The Hall–Kier alpha value is -1.65. The third kappa shape index (κ3) is 2.55. The van der Waals surface area contributed by atoms with Gasteiger partial charge >= 0.3 is 0 Å². The van der Waals surface area contributed by atoms with E-state index in [1.54, 1.807) is 0 Å². The maximum atomic E-state index is 13.8. The molecule has 1 unspecified atom stereocenters. The average Bonchev–Trinajstić information content (AvgIpc) is 2.84. The predicted octanol–water partition coefficient (Wildman–Crippen LogP) is 2.67. The Morgan fingerprint density at radius 2 is 2.11 bits per heavy atom. The quantitative estimate of drug-likeness (QED) is 0.838. The molecule has 2 N–H and O–H groups in total. The summed E-state index contributed by atoms with van der Waals surface area (Å²) >= 11 is 0. The van der Waals surface area contributed by atoms with Crippen LogP contribution in [0.3, 0.4) is 0 Å². The van der Waals surface area contributed by atoms with Crippen molar-refractivity contribution in [2.75, 3.05) is 18.8 Å². The number of nitrogen functional groups attached to an aromatic ring is 1. The van der Waals surface area contributed by atoms with Crippen molar-refractivity contribution in [3.8, 4) is 0 Å². The van der Waals surface area contributed by atoms with Gasteiger partial charge in [0.25, 0.3) is 5.91 Å². The molecule has 1 saturated heterocycles. The van der Waals surface area contributed by atoms with Gasteiger partial charge in [0.1, 0.15) is 11.4 Å². The van der Waals surface area contributed by atoms with Crippen LogP contribution in [0.4, 0.5) is 14.5 Å². The Morgan fingerprint density at radius 3 is 2.68 bits per heavy atom. The van der Waals surface area contributed by atoms with E-state index in [-0.39, 0.29) is 5.69 Å². The molecule has 2 rings (SSSR count). The van der Waals surface area contributed by atoms with Gasteiger partial charge in [-0.15, -0.1) is 0 Å². The zero-order chi connectivity index (χ0) is 14.2. The lowest BCUT2D eigenvalue weighted by Gasteiger charge is -2.19. The number of carbonyl (C=O) groups excluding carboxylic acids is 1. The van der Waals surface area contributed by atoms with E-state index in [1.165, 1.54) is 4.90 Å². The number of carbonyl (C=O) groups is 1. The van der Waals surface area contributed by atoms with Crippen LogP contribution in [0.1, 0.15) is 30.6 Å². The van der Waals surface area contributed by atoms with Crippen LogP contribution in [0.15, 0.2) is 12.1 Å². The molecule has 3 nitrogen and oxygen atoms in total. The first-order valence-electron chi connectivity index (χ1n) is 6.44. The molecule has 1 amide bonds. The Bertz CT molecular complexity index is 502. The van der Waals surface area contributed by atoms with Crippen LogP contribution >= 0.6 is 0 Å². The van der Waals surface area contributed by atoms with Crippen molar-refractivity contribution in [2.45, 2.75) is 20.3 Å². The summed E-state index contributed by atoms with van der Waals surface area (Å²) in [5.41, 5.74) is 4.65. The molecule has 1 fully saturated rings. The summed E-state index contributed by atoms with van der Waals surface area (Å²) in [7, 11) is 0. The van der Waals surface area contributed by atoms with Gasteiger partial charge in [-0.1, -0.05) is 13.8 Å². The van der Waals surface area contributed by atoms with Gasteiger partial charge in [-0.2, -0.15) is 0 Å². The van der Waals surface area contributed by atoms with Crippen molar-refractivity contribution in [1.82, 2.24) is 4.90 Å². The number of anilines is 1. The van der Waals surface area contributed by atoms with Gasteiger partial charge < -0.3 is 10.6 Å². The highest BCUT2D eigenvalue weighted by Gasteiger charge is 2.31. The molecule has 1 aromatic carbocycles. The van der Waals surface area contributed by atoms with Gasteiger partial charge in [0.2, 0.25) is 0 Å². The molecule has 0 radical (unpaired) electrons. The van der Waals surface area contributed by atoms with Gasteiger partial charge in [-0.05, 0) is 30.4 Å². The summed E-state index contributed by atoms with van der Waals surface area (Å²) in [5.74, 6) is -1.59. The molecule has 0 aliphatic carbocycles. The third-order valence-corrected chi connectivity index (χ3v) is 3.79. The lowest BCUT2D eigenvalue weighted by Crippen LogP contribution is -2.31. The monoisotopic (exact) mass is 268 g/mol. The number of halogens is 2. The maximum absolute atomic E-state index is 13.8. The first kappa shape index (κ1) is 13.8. The number of nitrogens with two attached hydrogens (primary N) is 1. The minimum absolute atomic E-state index is 0.204. The van der Waals surface area contributed by atoms with Gasteiger partial charge in [0.05, 0.1) is 5.69 Å². The normalized spacial score (nSPS) is 19.2. The number of hydrogen-bond donors (Lipinski definition) is 1. The Labute approximate surface area is 111 Å². The standard InChI is InChI=1S/C14H18F2N2O/c1-8(2)9-5-6-18(7-9)14(19)12-10(15)3-4-11(17)13(12)16/h3-4,8-9H,5-7,17H2,1-2H3. The van der Waals surface area contributed by atoms with E-state index >= 15 is 0 Å². The molecule has 1 atom stereocenters. The zero-order valence-electron chi connectivity index (χ0n) is 11.1. The molecule has 19 heavy (non-hydrogen) atoms. The first-order valence-corrected chi connectivity index (χ1v) is 6.44. The molecule has 5 heteroatoms. The highest BCUT2D eigenvalue weighted by atomic mass is 19.1. The van der Waals surface area contributed by atoms with Crippen LogP contribution in [0, 0.1) is 23.5 Å². The molecular weight excluding hydrogens is 250 g/mol. The van der Waals surface area contributed by atoms with E-state index in [0.29, 0.717) is 24.9 Å². The van der Waals surface area contributed by atoms with Gasteiger partial charge in [-0.3, -0.25) is 4.79 Å². The molecule has 1 aliphatic rings. The summed E-state index contributed by atoms with van der Waals surface area (Å²) in [4.78, 5) is 13.7. The van der Waals surface area contributed by atoms with Crippen LogP contribution in [-0.4, -0.2) is 23.9 Å². The number of benzene rings is 1. The fourth-order valence-corrected chi connectivity index (χ4v) is 2.44. The summed E-state index contributed by atoms with van der Waals surface area (Å²) in [6.45, 7) is 5.25. The minimum atomic E-state index is -0.960. The van der Waals surface area contributed by atoms with Crippen LogP contribution < -0.4 is 5.73 Å². The van der Waals surface area contributed by atoms with Crippen LogP contribution in [-0.2, 0) is 0 Å². The van der Waals surface area contributed by atoms with Crippen molar-refractivity contribution in [3.05, 3.63) is 29.3 Å². The molecule has 0 bridgehead atoms. The lowest BCUT2D eigenvalue weighted by molar-refractivity contribution is 0.0774. The van der Waals surface area contributed by atoms with Crippen LogP contribution in [0.25, 0.3) is 0 Å². The molecule has 0 saturated carbocycles. The smallest absolute Gasteiger partial charge is 0.259 e. The number of amides is 1. The van der Waals surface area contributed by atoms with E-state index in [0.717, 1.165) is 18.6 Å². The fraction of sp³-hybridized carbons (Fsp3) is 0.500. The second-order valence-electron chi connectivity index (χ2n) is 5.37. The molecular formula is C14H18F2N2O. The topological polar surface area (TPSA) is 46.3 Å². The summed E-state index contributed by atoms with van der Waals surface area (Å²) in [5, 5.41) is 0. The molecule has 104 valence electrons. The van der Waals surface area contributed by atoms with Crippen molar-refractivity contribution in [1.29, 1.82) is 0 Å². The Morgan fingerprint density at radius 1 is 1.42 bits per heavy atom. The van der Waals surface area contributed by atoms with Crippen molar-refractivity contribution < 1.29 is 13.6 Å². The van der Waals surface area contributed by atoms with Crippen molar-refractivity contribution in [3.63, 3.8) is 0 Å². The average molecular weight is 268 g/mol.